The fourth-order valence-corrected chi connectivity index (χ4v) is 2.98. The van der Waals surface area contributed by atoms with Crippen LogP contribution in [0.5, 0.6) is 0 Å². The molecule has 1 aromatic rings. The maximum absolute atomic E-state index is 11.8. The zero-order chi connectivity index (χ0) is 15.6. The van der Waals surface area contributed by atoms with Gasteiger partial charge in [-0.15, -0.1) is 0 Å². The summed E-state index contributed by atoms with van der Waals surface area (Å²) in [6.45, 7) is -0.415. The quantitative estimate of drug-likeness (QED) is 0.463. The van der Waals surface area contributed by atoms with Crippen molar-refractivity contribution in [2.24, 2.45) is 5.14 Å². The van der Waals surface area contributed by atoms with Gasteiger partial charge in [0.25, 0.3) is 0 Å². The smallest absolute Gasteiger partial charge is 0.335 e. The first-order valence-electron chi connectivity index (χ1n) is 5.16. The number of anilines is 1. The van der Waals surface area contributed by atoms with Gasteiger partial charge >= 0.3 is 5.97 Å². The van der Waals surface area contributed by atoms with E-state index in [1.807, 2.05) is 4.72 Å². The second-order valence-electron chi connectivity index (χ2n) is 3.82. The number of benzene rings is 1. The Morgan fingerprint density at radius 3 is 2.30 bits per heavy atom. The molecule has 0 aliphatic rings. The minimum atomic E-state index is -4.04. The number of nitrogens with two attached hydrogens (primary N) is 2. The molecule has 0 heterocycles. The third-order valence-electron chi connectivity index (χ3n) is 2.22. The summed E-state index contributed by atoms with van der Waals surface area (Å²) in [4.78, 5) is 10.4. The van der Waals surface area contributed by atoms with Crippen LogP contribution in [0.1, 0.15) is 10.4 Å². The van der Waals surface area contributed by atoms with Crippen molar-refractivity contribution >= 4 is 31.7 Å². The van der Waals surface area contributed by atoms with E-state index in [0.29, 0.717) is 0 Å². The zero-order valence-electron chi connectivity index (χ0n) is 10.1. The lowest BCUT2D eigenvalue weighted by molar-refractivity contribution is 0.0697. The van der Waals surface area contributed by atoms with Crippen molar-refractivity contribution in [2.75, 3.05) is 18.0 Å². The summed E-state index contributed by atoms with van der Waals surface area (Å²) in [6, 6.07) is 3.10. The van der Waals surface area contributed by atoms with E-state index in [1.165, 1.54) is 0 Å². The van der Waals surface area contributed by atoms with E-state index in [4.69, 9.17) is 16.0 Å². The Balaban J connectivity index is 2.96. The number of hydrogen-bond acceptors (Lipinski definition) is 6. The summed E-state index contributed by atoms with van der Waals surface area (Å²) in [7, 11) is -7.84. The molecule has 0 bridgehead atoms. The van der Waals surface area contributed by atoms with Crippen molar-refractivity contribution in [1.82, 2.24) is 4.72 Å². The second kappa shape index (κ2) is 5.75. The van der Waals surface area contributed by atoms with E-state index < -0.39 is 38.3 Å². The summed E-state index contributed by atoms with van der Waals surface area (Å²) in [5.41, 5.74) is 5.06. The van der Waals surface area contributed by atoms with Crippen LogP contribution in [0.3, 0.4) is 0 Å². The molecule has 112 valence electrons. The molecule has 9 nitrogen and oxygen atoms in total. The summed E-state index contributed by atoms with van der Waals surface area (Å²) < 4.78 is 47.1. The van der Waals surface area contributed by atoms with E-state index in [-0.39, 0.29) is 16.1 Å². The van der Waals surface area contributed by atoms with Crippen LogP contribution in [0.4, 0.5) is 5.69 Å². The Hall–Kier alpha value is -1.69. The van der Waals surface area contributed by atoms with Crippen LogP contribution < -0.4 is 15.6 Å². The van der Waals surface area contributed by atoms with Crippen LogP contribution in [0.2, 0.25) is 0 Å². The highest BCUT2D eigenvalue weighted by Crippen LogP contribution is 2.19. The number of hydrogen-bond donors (Lipinski definition) is 4. The second-order valence-corrected chi connectivity index (χ2v) is 7.29. The predicted octanol–water partition coefficient (Wildman–Crippen LogP) is -1.47. The molecule has 0 aromatic heterocycles. The summed E-state index contributed by atoms with van der Waals surface area (Å²) >= 11 is 0. The number of carboxylic acid groups (broad SMARTS) is 1. The molecular weight excluding hydrogens is 310 g/mol. The van der Waals surface area contributed by atoms with Crippen LogP contribution in [0.25, 0.3) is 0 Å². The van der Waals surface area contributed by atoms with Crippen molar-refractivity contribution in [3.63, 3.8) is 0 Å². The maximum Gasteiger partial charge on any atom is 0.335 e. The number of carbonyl (C=O) groups is 1. The Morgan fingerprint density at radius 1 is 1.25 bits per heavy atom. The Labute approximate surface area is 115 Å². The third kappa shape index (κ3) is 4.45. The molecule has 0 spiro atoms. The molecule has 6 N–H and O–H groups in total. The van der Waals surface area contributed by atoms with Gasteiger partial charge in [-0.25, -0.2) is 31.5 Å². The number of rotatable bonds is 6. The SMILES string of the molecule is Nc1cc(C(=O)O)ccc1S(=O)(=O)NCCS(N)(=O)=O. The van der Waals surface area contributed by atoms with Gasteiger partial charge in [0.1, 0.15) is 4.90 Å². The van der Waals surface area contributed by atoms with Crippen LogP contribution >= 0.6 is 0 Å². The summed E-state index contributed by atoms with van der Waals surface area (Å²) in [6.07, 6.45) is 0. The number of primary sulfonamides is 1. The molecule has 1 rings (SSSR count). The lowest BCUT2D eigenvalue weighted by Crippen LogP contribution is -2.31. The molecule has 0 saturated heterocycles. The minimum Gasteiger partial charge on any atom is -0.478 e. The van der Waals surface area contributed by atoms with E-state index >= 15 is 0 Å². The highest BCUT2D eigenvalue weighted by Gasteiger charge is 2.19. The molecule has 20 heavy (non-hydrogen) atoms. The Bertz CT molecular complexity index is 726. The molecule has 1 aromatic carbocycles. The molecule has 0 saturated carbocycles. The fraction of sp³-hybridized carbons (Fsp3) is 0.222. The maximum atomic E-state index is 11.8. The number of nitrogen functional groups attached to an aromatic ring is 1. The van der Waals surface area contributed by atoms with E-state index in [0.717, 1.165) is 18.2 Å². The fourth-order valence-electron chi connectivity index (χ4n) is 1.32. The van der Waals surface area contributed by atoms with Gasteiger partial charge < -0.3 is 10.8 Å². The van der Waals surface area contributed by atoms with Crippen molar-refractivity contribution < 1.29 is 26.7 Å². The predicted molar refractivity (Wildman–Crippen MR) is 71.0 cm³/mol. The molecule has 0 amide bonds. The van der Waals surface area contributed by atoms with E-state index in [2.05, 4.69) is 0 Å². The van der Waals surface area contributed by atoms with Gasteiger partial charge in [0.15, 0.2) is 0 Å². The Morgan fingerprint density at radius 2 is 1.85 bits per heavy atom. The number of sulfonamides is 2. The normalized spacial score (nSPS) is 12.2. The van der Waals surface area contributed by atoms with Gasteiger partial charge in [-0.2, -0.15) is 0 Å². The lowest BCUT2D eigenvalue weighted by Gasteiger charge is -2.09. The molecule has 0 aliphatic heterocycles. The molecule has 0 fully saturated rings. The van der Waals surface area contributed by atoms with Crippen LogP contribution in [-0.4, -0.2) is 40.2 Å². The topological polar surface area (TPSA) is 170 Å². The van der Waals surface area contributed by atoms with Crippen LogP contribution in [-0.2, 0) is 20.0 Å². The first-order chi connectivity index (χ1) is 9.03. The standard InChI is InChI=1S/C9H13N3O6S2/c10-7-5-6(9(13)14)1-2-8(7)20(17,18)12-3-4-19(11,15)16/h1-2,5,12H,3-4,10H2,(H,13,14)(H2,11,15,16). The first-order valence-corrected chi connectivity index (χ1v) is 8.36. The largest absolute Gasteiger partial charge is 0.478 e. The van der Waals surface area contributed by atoms with Crippen molar-refractivity contribution in [2.45, 2.75) is 4.90 Å². The lowest BCUT2D eigenvalue weighted by atomic mass is 10.2. The summed E-state index contributed by atoms with van der Waals surface area (Å²) in [5, 5.41) is 13.5. The molecule has 0 aliphatic carbocycles. The molecule has 0 unspecified atom stereocenters. The first kappa shape index (κ1) is 16.4. The highest BCUT2D eigenvalue weighted by atomic mass is 32.2. The van der Waals surface area contributed by atoms with Crippen molar-refractivity contribution in [1.29, 1.82) is 0 Å². The average molecular weight is 323 g/mol. The van der Waals surface area contributed by atoms with Gasteiger partial charge in [0.2, 0.25) is 20.0 Å². The van der Waals surface area contributed by atoms with Gasteiger partial charge in [0.05, 0.1) is 17.0 Å². The van der Waals surface area contributed by atoms with Gasteiger partial charge in [-0.3, -0.25) is 0 Å². The average Bonchev–Trinajstić information content (AvgIpc) is 2.26. The Kier molecular flexibility index (Phi) is 4.70. The van der Waals surface area contributed by atoms with Crippen molar-refractivity contribution in [3.05, 3.63) is 23.8 Å². The number of aromatic carboxylic acids is 1. The minimum absolute atomic E-state index is 0.161. The number of carboxylic acids is 1. The monoisotopic (exact) mass is 323 g/mol. The highest BCUT2D eigenvalue weighted by molar-refractivity contribution is 7.90. The summed E-state index contributed by atoms with van der Waals surface area (Å²) in [5.74, 6) is -1.82. The molecule has 0 atom stereocenters. The molecule has 11 heteroatoms. The zero-order valence-corrected chi connectivity index (χ0v) is 11.7. The van der Waals surface area contributed by atoms with Crippen LogP contribution in [0, 0.1) is 0 Å². The van der Waals surface area contributed by atoms with Crippen molar-refractivity contribution in [3.8, 4) is 0 Å². The van der Waals surface area contributed by atoms with Gasteiger partial charge in [-0.05, 0) is 18.2 Å². The van der Waals surface area contributed by atoms with E-state index in [9.17, 15) is 21.6 Å². The molecular formula is C9H13N3O6S2. The number of nitrogens with one attached hydrogen (secondary N) is 1. The van der Waals surface area contributed by atoms with Crippen LogP contribution in [0.15, 0.2) is 23.1 Å². The van der Waals surface area contributed by atoms with E-state index in [1.54, 1.807) is 0 Å². The molecule has 0 radical (unpaired) electrons. The van der Waals surface area contributed by atoms with Gasteiger partial charge in [-0.1, -0.05) is 0 Å². The third-order valence-corrected chi connectivity index (χ3v) is 4.53. The van der Waals surface area contributed by atoms with Gasteiger partial charge in [0, 0.05) is 6.54 Å².